The quantitative estimate of drug-likeness (QED) is 0.734. The van der Waals surface area contributed by atoms with Crippen LogP contribution < -0.4 is 0 Å². The van der Waals surface area contributed by atoms with Crippen LogP contribution in [0.3, 0.4) is 0 Å². The molecule has 5 heteroatoms. The third-order valence-electron chi connectivity index (χ3n) is 1.69. The van der Waals surface area contributed by atoms with Gasteiger partial charge in [0.2, 0.25) is 0 Å². The Hall–Kier alpha value is -1.93. The first-order valence-corrected chi connectivity index (χ1v) is 3.66. The summed E-state index contributed by atoms with van der Waals surface area (Å²) in [5, 5.41) is 25.8. The van der Waals surface area contributed by atoms with Crippen molar-refractivity contribution in [1.82, 2.24) is 0 Å². The number of nitrogens with zero attached hydrogens (tertiary/aromatic N) is 1. The Labute approximate surface area is 78.8 Å². The van der Waals surface area contributed by atoms with Gasteiger partial charge in [0.05, 0.1) is 17.7 Å². The Kier molecular flexibility index (Phi) is 2.79. The van der Waals surface area contributed by atoms with Crippen molar-refractivity contribution in [3.05, 3.63) is 34.6 Å². The SMILES string of the molecule is N#Cc1cc(C(=O)O)cc(CO)c1F. The molecule has 0 unspecified atom stereocenters. The minimum Gasteiger partial charge on any atom is -0.478 e. The van der Waals surface area contributed by atoms with Gasteiger partial charge < -0.3 is 10.2 Å². The Morgan fingerprint density at radius 1 is 1.57 bits per heavy atom. The average Bonchev–Trinajstić information content (AvgIpc) is 2.17. The first-order chi connectivity index (χ1) is 6.60. The van der Waals surface area contributed by atoms with E-state index >= 15 is 0 Å². The van der Waals surface area contributed by atoms with Crippen LogP contribution in [0.25, 0.3) is 0 Å². The lowest BCUT2D eigenvalue weighted by Crippen LogP contribution is -2.02. The predicted octanol–water partition coefficient (Wildman–Crippen LogP) is 0.888. The molecule has 0 aromatic heterocycles. The lowest BCUT2D eigenvalue weighted by Gasteiger charge is -2.02. The molecule has 2 N–H and O–H groups in total. The van der Waals surface area contributed by atoms with E-state index in [4.69, 9.17) is 15.5 Å². The number of halogens is 1. The van der Waals surface area contributed by atoms with E-state index in [1.165, 1.54) is 6.07 Å². The fourth-order valence-electron chi connectivity index (χ4n) is 1.00. The number of carbonyl (C=O) groups is 1. The highest BCUT2D eigenvalue weighted by molar-refractivity contribution is 5.88. The molecule has 1 aromatic carbocycles. The van der Waals surface area contributed by atoms with Crippen LogP contribution in [0, 0.1) is 17.1 Å². The zero-order valence-electron chi connectivity index (χ0n) is 6.99. The van der Waals surface area contributed by atoms with E-state index in [0.29, 0.717) is 0 Å². The molecule has 0 saturated carbocycles. The van der Waals surface area contributed by atoms with E-state index in [0.717, 1.165) is 12.1 Å². The summed E-state index contributed by atoms with van der Waals surface area (Å²) in [6.45, 7) is -0.637. The van der Waals surface area contributed by atoms with Crippen LogP contribution in [-0.4, -0.2) is 16.2 Å². The van der Waals surface area contributed by atoms with Crippen LogP contribution in [0.5, 0.6) is 0 Å². The molecule has 0 bridgehead atoms. The van der Waals surface area contributed by atoms with E-state index in [1.54, 1.807) is 0 Å². The lowest BCUT2D eigenvalue weighted by molar-refractivity contribution is 0.0696. The second kappa shape index (κ2) is 3.85. The fraction of sp³-hybridized carbons (Fsp3) is 0.111. The Bertz CT molecular complexity index is 423. The van der Waals surface area contributed by atoms with Crippen LogP contribution in [0.4, 0.5) is 4.39 Å². The third kappa shape index (κ3) is 1.70. The van der Waals surface area contributed by atoms with Gasteiger partial charge in [-0.05, 0) is 12.1 Å². The van der Waals surface area contributed by atoms with Gasteiger partial charge in [0, 0.05) is 5.56 Å². The molecule has 0 aliphatic rings. The maximum Gasteiger partial charge on any atom is 0.335 e. The molecule has 1 rings (SSSR count). The summed E-state index contributed by atoms with van der Waals surface area (Å²) < 4.78 is 13.1. The summed E-state index contributed by atoms with van der Waals surface area (Å²) in [6.07, 6.45) is 0. The first-order valence-electron chi connectivity index (χ1n) is 3.66. The zero-order chi connectivity index (χ0) is 10.7. The van der Waals surface area contributed by atoms with Crippen molar-refractivity contribution >= 4 is 5.97 Å². The van der Waals surface area contributed by atoms with E-state index in [9.17, 15) is 9.18 Å². The van der Waals surface area contributed by atoms with Gasteiger partial charge in [-0.3, -0.25) is 0 Å². The number of aromatic carboxylic acids is 1. The Morgan fingerprint density at radius 2 is 2.21 bits per heavy atom. The first kappa shape index (κ1) is 10.2. The van der Waals surface area contributed by atoms with Crippen LogP contribution in [-0.2, 0) is 6.61 Å². The molecule has 0 radical (unpaired) electrons. The maximum atomic E-state index is 13.1. The van der Waals surface area contributed by atoms with Crippen LogP contribution in [0.2, 0.25) is 0 Å². The number of aliphatic hydroxyl groups is 1. The summed E-state index contributed by atoms with van der Waals surface area (Å²) in [5.74, 6) is -2.14. The number of carboxylic acid groups (broad SMARTS) is 1. The number of carboxylic acids is 1. The van der Waals surface area contributed by atoms with Crippen molar-refractivity contribution in [1.29, 1.82) is 5.26 Å². The highest BCUT2D eigenvalue weighted by atomic mass is 19.1. The second-order valence-electron chi connectivity index (χ2n) is 2.57. The van der Waals surface area contributed by atoms with Crippen molar-refractivity contribution in [2.75, 3.05) is 0 Å². The van der Waals surface area contributed by atoms with Gasteiger partial charge in [0.15, 0.2) is 0 Å². The van der Waals surface area contributed by atoms with Gasteiger partial charge >= 0.3 is 5.97 Å². The van der Waals surface area contributed by atoms with Gasteiger partial charge in [0.1, 0.15) is 11.9 Å². The van der Waals surface area contributed by atoms with Crippen molar-refractivity contribution in [3.8, 4) is 6.07 Å². The molecule has 0 aliphatic heterocycles. The molecule has 0 saturated heterocycles. The fourth-order valence-corrected chi connectivity index (χ4v) is 1.00. The molecular weight excluding hydrogens is 189 g/mol. The molecule has 0 spiro atoms. The van der Waals surface area contributed by atoms with Crippen LogP contribution in [0.15, 0.2) is 12.1 Å². The highest BCUT2D eigenvalue weighted by Crippen LogP contribution is 2.15. The Balaban J connectivity index is 3.41. The van der Waals surface area contributed by atoms with Crippen molar-refractivity contribution in [3.63, 3.8) is 0 Å². The zero-order valence-corrected chi connectivity index (χ0v) is 6.99. The maximum absolute atomic E-state index is 13.1. The van der Waals surface area contributed by atoms with Gasteiger partial charge in [0.25, 0.3) is 0 Å². The molecular formula is C9H6FNO3. The monoisotopic (exact) mass is 195 g/mol. The number of nitriles is 1. The van der Waals surface area contributed by atoms with E-state index in [-0.39, 0.29) is 16.7 Å². The summed E-state index contributed by atoms with van der Waals surface area (Å²) >= 11 is 0. The smallest absolute Gasteiger partial charge is 0.335 e. The van der Waals surface area contributed by atoms with Crippen LogP contribution >= 0.6 is 0 Å². The van der Waals surface area contributed by atoms with Gasteiger partial charge in [-0.1, -0.05) is 0 Å². The van der Waals surface area contributed by atoms with Crippen molar-refractivity contribution in [2.45, 2.75) is 6.61 Å². The third-order valence-corrected chi connectivity index (χ3v) is 1.69. The summed E-state index contributed by atoms with van der Waals surface area (Å²) in [4.78, 5) is 10.5. The minimum atomic E-state index is -1.27. The van der Waals surface area contributed by atoms with E-state index in [1.807, 2.05) is 0 Å². The molecule has 0 aliphatic carbocycles. The molecule has 14 heavy (non-hydrogen) atoms. The predicted molar refractivity (Wildman–Crippen MR) is 44.0 cm³/mol. The molecule has 0 heterocycles. The average molecular weight is 195 g/mol. The Morgan fingerprint density at radius 3 is 2.64 bits per heavy atom. The molecule has 4 nitrogen and oxygen atoms in total. The molecule has 1 aromatic rings. The molecule has 72 valence electrons. The second-order valence-corrected chi connectivity index (χ2v) is 2.57. The normalized spacial score (nSPS) is 9.50. The highest BCUT2D eigenvalue weighted by Gasteiger charge is 2.13. The summed E-state index contributed by atoms with van der Waals surface area (Å²) in [6, 6.07) is 3.44. The summed E-state index contributed by atoms with van der Waals surface area (Å²) in [5.41, 5.74) is -0.789. The van der Waals surface area contributed by atoms with Crippen molar-refractivity contribution < 1.29 is 19.4 Å². The molecule has 0 atom stereocenters. The van der Waals surface area contributed by atoms with E-state index in [2.05, 4.69) is 0 Å². The summed E-state index contributed by atoms with van der Waals surface area (Å²) in [7, 11) is 0. The minimum absolute atomic E-state index is 0.193. The number of rotatable bonds is 2. The van der Waals surface area contributed by atoms with Gasteiger partial charge in [-0.15, -0.1) is 0 Å². The number of hydrogen-bond donors (Lipinski definition) is 2. The number of hydrogen-bond acceptors (Lipinski definition) is 3. The number of benzene rings is 1. The van der Waals surface area contributed by atoms with Gasteiger partial charge in [-0.25, -0.2) is 9.18 Å². The molecule has 0 fully saturated rings. The van der Waals surface area contributed by atoms with Crippen LogP contribution in [0.1, 0.15) is 21.5 Å². The van der Waals surface area contributed by atoms with E-state index < -0.39 is 18.4 Å². The number of aliphatic hydroxyl groups excluding tert-OH is 1. The lowest BCUT2D eigenvalue weighted by atomic mass is 10.1. The largest absolute Gasteiger partial charge is 0.478 e. The standard InChI is InChI=1S/C9H6FNO3/c10-8-6(3-11)1-5(9(13)14)2-7(8)4-12/h1-2,12H,4H2,(H,13,14). The van der Waals surface area contributed by atoms with Crippen molar-refractivity contribution in [2.24, 2.45) is 0 Å². The van der Waals surface area contributed by atoms with Gasteiger partial charge in [-0.2, -0.15) is 5.26 Å². The molecule has 0 amide bonds. The topological polar surface area (TPSA) is 81.3 Å².